The van der Waals surface area contributed by atoms with E-state index >= 15 is 0 Å². The van der Waals surface area contributed by atoms with Gasteiger partial charge in [-0.25, -0.2) is 0 Å². The van der Waals surface area contributed by atoms with Crippen LogP contribution < -0.4 is 5.73 Å². The Hall–Kier alpha value is -1.19. The molecule has 0 amide bonds. The molecule has 3 heteroatoms. The van der Waals surface area contributed by atoms with E-state index in [0.717, 1.165) is 5.56 Å². The van der Waals surface area contributed by atoms with Gasteiger partial charge in [0.05, 0.1) is 6.61 Å². The summed E-state index contributed by atoms with van der Waals surface area (Å²) in [6, 6.07) is 7.71. The second-order valence-electron chi connectivity index (χ2n) is 4.86. The Kier molecular flexibility index (Phi) is 4.85. The lowest BCUT2D eigenvalue weighted by atomic mass is 9.85. The first-order valence-electron chi connectivity index (χ1n) is 5.84. The molecule has 0 saturated heterocycles. The van der Waals surface area contributed by atoms with Gasteiger partial charge in [-0.1, -0.05) is 38.1 Å². The van der Waals surface area contributed by atoms with Gasteiger partial charge in [-0.2, -0.15) is 0 Å². The van der Waals surface area contributed by atoms with E-state index in [4.69, 9.17) is 10.5 Å². The fraction of sp³-hybridized carbons (Fsp3) is 0.500. The molecule has 17 heavy (non-hydrogen) atoms. The summed E-state index contributed by atoms with van der Waals surface area (Å²) >= 11 is 0. The minimum absolute atomic E-state index is 0.0375. The summed E-state index contributed by atoms with van der Waals surface area (Å²) in [6.45, 7) is 5.29. The predicted octanol–water partition coefficient (Wildman–Crippen LogP) is 2.14. The van der Waals surface area contributed by atoms with Crippen molar-refractivity contribution < 1.29 is 9.53 Å². The summed E-state index contributed by atoms with van der Waals surface area (Å²) in [7, 11) is 1.70. The Balaban J connectivity index is 2.84. The van der Waals surface area contributed by atoms with Crippen molar-refractivity contribution in [1.29, 1.82) is 0 Å². The van der Waals surface area contributed by atoms with E-state index in [2.05, 4.69) is 13.8 Å². The minimum Gasteiger partial charge on any atom is -0.384 e. The first-order chi connectivity index (χ1) is 8.01. The lowest BCUT2D eigenvalue weighted by Crippen LogP contribution is -2.23. The average Bonchev–Trinajstić information content (AvgIpc) is 2.29. The third kappa shape index (κ3) is 3.65. The smallest absolute Gasteiger partial charge is 0.164 e. The second-order valence-corrected chi connectivity index (χ2v) is 4.86. The van der Waals surface area contributed by atoms with Crippen LogP contribution in [0.1, 0.15) is 36.2 Å². The molecule has 1 aromatic carbocycles. The quantitative estimate of drug-likeness (QED) is 0.769. The van der Waals surface area contributed by atoms with Gasteiger partial charge in [0.15, 0.2) is 5.78 Å². The van der Waals surface area contributed by atoms with E-state index in [1.807, 2.05) is 24.3 Å². The van der Waals surface area contributed by atoms with E-state index in [9.17, 15) is 4.79 Å². The van der Waals surface area contributed by atoms with Crippen molar-refractivity contribution in [3.8, 4) is 0 Å². The number of hydrogen-bond donors (Lipinski definition) is 1. The molecule has 0 atom stereocenters. The number of carbonyl (C=O) groups excluding carboxylic acids is 1. The van der Waals surface area contributed by atoms with Crippen LogP contribution in [0.4, 0.5) is 0 Å². The van der Waals surface area contributed by atoms with E-state index in [1.165, 1.54) is 5.56 Å². The van der Waals surface area contributed by atoms with Gasteiger partial charge < -0.3 is 10.5 Å². The number of hydrogen-bond acceptors (Lipinski definition) is 3. The molecule has 94 valence electrons. The molecule has 0 fully saturated rings. The Morgan fingerprint density at radius 3 is 2.35 bits per heavy atom. The van der Waals surface area contributed by atoms with Crippen molar-refractivity contribution in [3.63, 3.8) is 0 Å². The molecule has 0 bridgehead atoms. The van der Waals surface area contributed by atoms with Crippen LogP contribution in [0, 0.1) is 0 Å². The maximum atomic E-state index is 11.6. The van der Waals surface area contributed by atoms with Crippen molar-refractivity contribution in [3.05, 3.63) is 35.4 Å². The molecule has 0 spiro atoms. The summed E-state index contributed by atoms with van der Waals surface area (Å²) in [5, 5.41) is 0. The van der Waals surface area contributed by atoms with Crippen molar-refractivity contribution in [2.45, 2.75) is 25.7 Å². The summed E-state index contributed by atoms with van der Waals surface area (Å²) in [5.41, 5.74) is 7.23. The van der Waals surface area contributed by atoms with Gasteiger partial charge in [-0.15, -0.1) is 0 Å². The number of ketones is 1. The molecule has 0 aliphatic carbocycles. The van der Waals surface area contributed by atoms with Gasteiger partial charge in [0.1, 0.15) is 0 Å². The minimum atomic E-state index is -0.0375. The maximum Gasteiger partial charge on any atom is 0.164 e. The highest BCUT2D eigenvalue weighted by molar-refractivity contribution is 5.96. The zero-order valence-corrected chi connectivity index (χ0v) is 10.8. The van der Waals surface area contributed by atoms with E-state index in [0.29, 0.717) is 19.6 Å². The summed E-state index contributed by atoms with van der Waals surface area (Å²) < 4.78 is 5.19. The molecule has 1 aromatic rings. The number of carbonyl (C=O) groups is 1. The molecule has 3 nitrogen and oxygen atoms in total. The largest absolute Gasteiger partial charge is 0.384 e. The van der Waals surface area contributed by atoms with Crippen LogP contribution in [-0.2, 0) is 10.2 Å². The zero-order chi connectivity index (χ0) is 12.9. The van der Waals surface area contributed by atoms with E-state index in [1.54, 1.807) is 7.11 Å². The van der Waals surface area contributed by atoms with Gasteiger partial charge in [0.25, 0.3) is 0 Å². The zero-order valence-electron chi connectivity index (χ0n) is 10.8. The van der Waals surface area contributed by atoms with Gasteiger partial charge in [0.2, 0.25) is 0 Å². The Labute approximate surface area is 103 Å². The SMILES string of the molecule is COCC(C)(C)c1ccc(C(=O)CCN)cc1. The molecule has 0 radical (unpaired) electrons. The topological polar surface area (TPSA) is 52.3 Å². The Morgan fingerprint density at radius 1 is 1.29 bits per heavy atom. The average molecular weight is 235 g/mol. The molecule has 0 aromatic heterocycles. The molecule has 0 unspecified atom stereocenters. The lowest BCUT2D eigenvalue weighted by Gasteiger charge is -2.24. The van der Waals surface area contributed by atoms with Crippen LogP contribution in [0.5, 0.6) is 0 Å². The highest BCUT2D eigenvalue weighted by atomic mass is 16.5. The third-order valence-electron chi connectivity index (χ3n) is 2.86. The molecular formula is C14H21NO2. The van der Waals surface area contributed by atoms with Crippen molar-refractivity contribution in [1.82, 2.24) is 0 Å². The maximum absolute atomic E-state index is 11.6. The van der Waals surface area contributed by atoms with Crippen LogP contribution in [0.2, 0.25) is 0 Å². The highest BCUT2D eigenvalue weighted by Gasteiger charge is 2.20. The lowest BCUT2D eigenvalue weighted by molar-refractivity contribution is 0.0985. The van der Waals surface area contributed by atoms with Gasteiger partial charge in [-0.05, 0) is 12.1 Å². The number of methoxy groups -OCH3 is 1. The Morgan fingerprint density at radius 2 is 1.88 bits per heavy atom. The van der Waals surface area contributed by atoms with Crippen molar-refractivity contribution in [2.24, 2.45) is 5.73 Å². The molecule has 1 rings (SSSR count). The van der Waals surface area contributed by atoms with Crippen molar-refractivity contribution in [2.75, 3.05) is 20.3 Å². The van der Waals surface area contributed by atoms with E-state index in [-0.39, 0.29) is 11.2 Å². The summed E-state index contributed by atoms with van der Waals surface area (Å²) in [6.07, 6.45) is 0.404. The summed E-state index contributed by atoms with van der Waals surface area (Å²) in [4.78, 5) is 11.6. The highest BCUT2D eigenvalue weighted by Crippen LogP contribution is 2.23. The van der Waals surface area contributed by atoms with Crippen molar-refractivity contribution >= 4 is 5.78 Å². The van der Waals surface area contributed by atoms with E-state index < -0.39 is 0 Å². The predicted molar refractivity (Wildman–Crippen MR) is 69.3 cm³/mol. The fourth-order valence-corrected chi connectivity index (χ4v) is 1.83. The standard InChI is InChI=1S/C14H21NO2/c1-14(2,10-17-3)12-6-4-11(5-7-12)13(16)8-9-15/h4-7H,8-10,15H2,1-3H3. The number of ether oxygens (including phenoxy) is 1. The van der Waals surface area contributed by atoms with Gasteiger partial charge >= 0.3 is 0 Å². The number of benzene rings is 1. The monoisotopic (exact) mass is 235 g/mol. The normalized spacial score (nSPS) is 11.5. The van der Waals surface area contributed by atoms with Crippen LogP contribution in [0.25, 0.3) is 0 Å². The molecule has 0 aliphatic rings. The Bertz CT molecular complexity index is 368. The summed E-state index contributed by atoms with van der Waals surface area (Å²) in [5.74, 6) is 0.101. The fourth-order valence-electron chi connectivity index (χ4n) is 1.83. The number of rotatable bonds is 6. The molecule has 0 saturated carbocycles. The number of nitrogens with two attached hydrogens (primary N) is 1. The van der Waals surface area contributed by atoms with Crippen LogP contribution in [0.3, 0.4) is 0 Å². The van der Waals surface area contributed by atoms with Gasteiger partial charge in [-0.3, -0.25) is 4.79 Å². The molecular weight excluding hydrogens is 214 g/mol. The number of Topliss-reactive ketones (excluding diaryl/α,β-unsaturated/α-hetero) is 1. The first-order valence-corrected chi connectivity index (χ1v) is 5.84. The van der Waals surface area contributed by atoms with Crippen LogP contribution in [0.15, 0.2) is 24.3 Å². The molecule has 0 heterocycles. The molecule has 0 aliphatic heterocycles. The second kappa shape index (κ2) is 5.94. The molecule has 2 N–H and O–H groups in total. The first kappa shape index (κ1) is 13.9. The van der Waals surface area contributed by atoms with Crippen LogP contribution >= 0.6 is 0 Å². The third-order valence-corrected chi connectivity index (χ3v) is 2.86. The van der Waals surface area contributed by atoms with Crippen LogP contribution in [-0.4, -0.2) is 26.0 Å². The van der Waals surface area contributed by atoms with Gasteiger partial charge in [0, 0.05) is 24.5 Å².